The summed E-state index contributed by atoms with van der Waals surface area (Å²) in [6.07, 6.45) is 0. The molecular formula is C13H12BrFN2O. The minimum atomic E-state index is -0.443. The van der Waals surface area contributed by atoms with E-state index in [1.54, 1.807) is 18.2 Å². The van der Waals surface area contributed by atoms with Gasteiger partial charge in [-0.1, -0.05) is 15.9 Å². The lowest BCUT2D eigenvalue weighted by Crippen LogP contribution is -2.00. The predicted octanol–water partition coefficient (Wildman–Crippen LogP) is 3.54. The minimum Gasteiger partial charge on any atom is -0.436 e. The van der Waals surface area contributed by atoms with Crippen LogP contribution in [0.2, 0.25) is 0 Å². The summed E-state index contributed by atoms with van der Waals surface area (Å²) in [6, 6.07) is 8.16. The molecule has 0 radical (unpaired) electrons. The summed E-state index contributed by atoms with van der Waals surface area (Å²) < 4.78 is 19.7. The van der Waals surface area contributed by atoms with Gasteiger partial charge in [0.2, 0.25) is 5.88 Å². The van der Waals surface area contributed by atoms with Crippen LogP contribution in [0.25, 0.3) is 0 Å². The van der Waals surface area contributed by atoms with Crippen molar-refractivity contribution in [2.24, 2.45) is 5.73 Å². The molecule has 0 spiro atoms. The summed E-state index contributed by atoms with van der Waals surface area (Å²) >= 11 is 3.19. The van der Waals surface area contributed by atoms with Gasteiger partial charge in [0.25, 0.3) is 0 Å². The molecule has 5 heteroatoms. The summed E-state index contributed by atoms with van der Waals surface area (Å²) in [7, 11) is 0. The highest BCUT2D eigenvalue weighted by Crippen LogP contribution is 2.26. The van der Waals surface area contributed by atoms with Crippen LogP contribution in [0.4, 0.5) is 4.39 Å². The summed E-state index contributed by atoms with van der Waals surface area (Å²) in [5.41, 5.74) is 7.25. The Morgan fingerprint density at radius 1 is 1.33 bits per heavy atom. The molecule has 0 saturated heterocycles. The maximum atomic E-state index is 13.6. The summed E-state index contributed by atoms with van der Waals surface area (Å²) in [4.78, 5) is 4.18. The van der Waals surface area contributed by atoms with Crippen LogP contribution in [0.3, 0.4) is 0 Å². The third-order valence-electron chi connectivity index (χ3n) is 2.33. The van der Waals surface area contributed by atoms with Crippen molar-refractivity contribution in [3.8, 4) is 11.6 Å². The molecule has 0 saturated carbocycles. The molecule has 2 rings (SSSR count). The monoisotopic (exact) mass is 310 g/mol. The number of hydrogen-bond donors (Lipinski definition) is 1. The molecule has 1 heterocycles. The molecule has 0 amide bonds. The van der Waals surface area contributed by atoms with E-state index in [2.05, 4.69) is 20.9 Å². The number of benzene rings is 1. The van der Waals surface area contributed by atoms with E-state index in [9.17, 15) is 4.39 Å². The molecule has 0 fully saturated rings. The van der Waals surface area contributed by atoms with Crippen molar-refractivity contribution in [3.05, 3.63) is 51.9 Å². The molecule has 0 unspecified atom stereocenters. The second-order valence-electron chi connectivity index (χ2n) is 3.84. The molecule has 2 aromatic rings. The minimum absolute atomic E-state index is 0.138. The fourth-order valence-electron chi connectivity index (χ4n) is 1.55. The second kappa shape index (κ2) is 5.46. The zero-order chi connectivity index (χ0) is 13.1. The lowest BCUT2D eigenvalue weighted by molar-refractivity contribution is 0.426. The van der Waals surface area contributed by atoms with Crippen LogP contribution in [-0.4, -0.2) is 4.98 Å². The molecule has 0 atom stereocenters. The van der Waals surface area contributed by atoms with Crippen LogP contribution >= 0.6 is 15.9 Å². The van der Waals surface area contributed by atoms with E-state index < -0.39 is 5.82 Å². The Kier molecular flexibility index (Phi) is 3.93. The van der Waals surface area contributed by atoms with Crippen molar-refractivity contribution in [2.45, 2.75) is 13.5 Å². The average molecular weight is 311 g/mol. The van der Waals surface area contributed by atoms with Crippen LogP contribution in [0.1, 0.15) is 11.3 Å². The zero-order valence-electron chi connectivity index (χ0n) is 9.78. The molecular weight excluding hydrogens is 299 g/mol. The number of aromatic nitrogens is 1. The summed E-state index contributed by atoms with van der Waals surface area (Å²) in [6.45, 7) is 2.23. The zero-order valence-corrected chi connectivity index (χ0v) is 11.4. The Balaban J connectivity index is 2.30. The first-order valence-corrected chi connectivity index (χ1v) is 6.18. The van der Waals surface area contributed by atoms with E-state index in [1.807, 2.05) is 13.0 Å². The third-order valence-corrected chi connectivity index (χ3v) is 2.83. The molecule has 0 aliphatic rings. The number of nitrogens with zero attached hydrogens (tertiary/aromatic N) is 1. The number of nitrogens with two attached hydrogens (primary N) is 1. The van der Waals surface area contributed by atoms with Crippen LogP contribution in [-0.2, 0) is 6.54 Å². The predicted molar refractivity (Wildman–Crippen MR) is 71.0 cm³/mol. The van der Waals surface area contributed by atoms with Gasteiger partial charge < -0.3 is 10.5 Å². The van der Waals surface area contributed by atoms with Crippen molar-refractivity contribution >= 4 is 15.9 Å². The van der Waals surface area contributed by atoms with Crippen LogP contribution in [0.5, 0.6) is 11.6 Å². The van der Waals surface area contributed by atoms with Gasteiger partial charge in [0.05, 0.1) is 0 Å². The Bertz CT molecular complexity index is 575. The van der Waals surface area contributed by atoms with Crippen molar-refractivity contribution < 1.29 is 9.13 Å². The summed E-state index contributed by atoms with van der Waals surface area (Å²) in [5.74, 6) is 0.0397. The number of rotatable bonds is 3. The van der Waals surface area contributed by atoms with Crippen molar-refractivity contribution in [2.75, 3.05) is 0 Å². The van der Waals surface area contributed by atoms with Gasteiger partial charge >= 0.3 is 0 Å². The number of pyridine rings is 1. The number of halogens is 2. The smallest absolute Gasteiger partial charge is 0.219 e. The molecule has 2 N–H and O–H groups in total. The molecule has 0 bridgehead atoms. The lowest BCUT2D eigenvalue weighted by Gasteiger charge is -2.08. The quantitative estimate of drug-likeness (QED) is 0.943. The molecule has 3 nitrogen and oxygen atoms in total. The Labute approximate surface area is 113 Å². The van der Waals surface area contributed by atoms with Crippen molar-refractivity contribution in [1.82, 2.24) is 4.98 Å². The van der Waals surface area contributed by atoms with Crippen LogP contribution in [0.15, 0.2) is 34.8 Å². The number of ether oxygens (including phenoxy) is 1. The Hall–Kier alpha value is -1.46. The van der Waals surface area contributed by atoms with Gasteiger partial charge in [-0.25, -0.2) is 9.37 Å². The fourth-order valence-corrected chi connectivity index (χ4v) is 1.88. The lowest BCUT2D eigenvalue weighted by atomic mass is 10.2. The number of aryl methyl sites for hydroxylation is 1. The molecule has 1 aromatic heterocycles. The maximum Gasteiger partial charge on any atom is 0.219 e. The molecule has 18 heavy (non-hydrogen) atoms. The van der Waals surface area contributed by atoms with E-state index in [1.165, 1.54) is 6.07 Å². The SMILES string of the molecule is Cc1cc(CN)cc(Oc2ccc(Br)cc2F)n1. The van der Waals surface area contributed by atoms with E-state index in [-0.39, 0.29) is 5.75 Å². The normalized spacial score (nSPS) is 10.4. The first-order valence-electron chi connectivity index (χ1n) is 5.39. The third kappa shape index (κ3) is 3.05. The molecule has 1 aromatic carbocycles. The average Bonchev–Trinajstić information content (AvgIpc) is 2.32. The van der Waals surface area contributed by atoms with Gasteiger partial charge in [-0.05, 0) is 36.8 Å². The molecule has 0 aliphatic heterocycles. The Morgan fingerprint density at radius 3 is 2.78 bits per heavy atom. The maximum absolute atomic E-state index is 13.6. The molecule has 0 aliphatic carbocycles. The van der Waals surface area contributed by atoms with E-state index in [0.29, 0.717) is 16.9 Å². The van der Waals surface area contributed by atoms with Gasteiger partial charge in [0, 0.05) is 22.8 Å². The van der Waals surface area contributed by atoms with Crippen molar-refractivity contribution in [3.63, 3.8) is 0 Å². The van der Waals surface area contributed by atoms with E-state index in [4.69, 9.17) is 10.5 Å². The van der Waals surface area contributed by atoms with Gasteiger partial charge in [0.15, 0.2) is 11.6 Å². The summed E-state index contributed by atoms with van der Waals surface area (Å²) in [5, 5.41) is 0. The van der Waals surface area contributed by atoms with Crippen LogP contribution in [0, 0.1) is 12.7 Å². The fraction of sp³-hybridized carbons (Fsp3) is 0.154. The van der Waals surface area contributed by atoms with E-state index >= 15 is 0 Å². The van der Waals surface area contributed by atoms with Gasteiger partial charge in [0.1, 0.15) is 0 Å². The largest absolute Gasteiger partial charge is 0.436 e. The number of hydrogen-bond acceptors (Lipinski definition) is 3. The molecule has 94 valence electrons. The van der Waals surface area contributed by atoms with Crippen LogP contribution < -0.4 is 10.5 Å². The highest BCUT2D eigenvalue weighted by atomic mass is 79.9. The van der Waals surface area contributed by atoms with Gasteiger partial charge in [-0.3, -0.25) is 0 Å². The first-order chi connectivity index (χ1) is 8.58. The van der Waals surface area contributed by atoms with E-state index in [0.717, 1.165) is 11.3 Å². The standard InChI is InChI=1S/C13H12BrFN2O/c1-8-4-9(7-16)5-13(17-8)18-12-3-2-10(14)6-11(12)15/h2-6H,7,16H2,1H3. The highest BCUT2D eigenvalue weighted by Gasteiger charge is 2.07. The first kappa shape index (κ1) is 13.0. The highest BCUT2D eigenvalue weighted by molar-refractivity contribution is 9.10. The Morgan fingerprint density at radius 2 is 2.11 bits per heavy atom. The van der Waals surface area contributed by atoms with Crippen molar-refractivity contribution in [1.29, 1.82) is 0 Å². The van der Waals surface area contributed by atoms with Gasteiger partial charge in [-0.15, -0.1) is 0 Å². The van der Waals surface area contributed by atoms with Gasteiger partial charge in [-0.2, -0.15) is 0 Å². The second-order valence-corrected chi connectivity index (χ2v) is 4.75. The topological polar surface area (TPSA) is 48.1 Å².